The number of anilines is 1. The molecule has 3 N–H and O–H groups in total. The molecule has 1 atom stereocenters. The Morgan fingerprint density at radius 2 is 1.83 bits per heavy atom. The topological polar surface area (TPSA) is 70.2 Å². The molecular formula is C23H25N3O2S. The lowest BCUT2D eigenvalue weighted by atomic mass is 10.0. The average Bonchev–Trinajstić information content (AvgIpc) is 3.28. The number of carbonyl (C=O) groups excluding carboxylic acids is 2. The summed E-state index contributed by atoms with van der Waals surface area (Å²) in [5, 5.41) is 10.8. The van der Waals surface area contributed by atoms with Crippen molar-refractivity contribution >= 4 is 28.8 Å². The zero-order chi connectivity index (χ0) is 20.6. The van der Waals surface area contributed by atoms with Crippen LogP contribution in [0.2, 0.25) is 0 Å². The molecule has 3 rings (SSSR count). The van der Waals surface area contributed by atoms with Gasteiger partial charge in [-0.15, -0.1) is 11.3 Å². The van der Waals surface area contributed by atoms with Crippen molar-refractivity contribution in [2.75, 3.05) is 18.9 Å². The smallest absolute Gasteiger partial charge is 0.251 e. The fraction of sp³-hybridized carbons (Fsp3) is 0.217. The highest BCUT2D eigenvalue weighted by Gasteiger charge is 2.16. The van der Waals surface area contributed by atoms with Crippen LogP contribution in [0.1, 0.15) is 39.3 Å². The molecule has 0 radical (unpaired) electrons. The molecule has 0 unspecified atom stereocenters. The molecule has 0 bridgehead atoms. The number of rotatable bonds is 8. The molecule has 2 aromatic carbocycles. The number of thiophene rings is 1. The van der Waals surface area contributed by atoms with Gasteiger partial charge < -0.3 is 10.6 Å². The number of hydrogen-bond donors (Lipinski definition) is 3. The van der Waals surface area contributed by atoms with Crippen LogP contribution in [0.25, 0.3) is 0 Å². The van der Waals surface area contributed by atoms with Crippen molar-refractivity contribution in [1.29, 1.82) is 0 Å². The van der Waals surface area contributed by atoms with Crippen molar-refractivity contribution in [3.8, 4) is 0 Å². The van der Waals surface area contributed by atoms with Crippen molar-refractivity contribution in [3.05, 3.63) is 87.6 Å². The highest BCUT2D eigenvalue weighted by molar-refractivity contribution is 7.10. The van der Waals surface area contributed by atoms with Gasteiger partial charge in [0.05, 0.1) is 12.6 Å². The van der Waals surface area contributed by atoms with Gasteiger partial charge in [0.2, 0.25) is 5.91 Å². The van der Waals surface area contributed by atoms with E-state index in [-0.39, 0.29) is 24.4 Å². The van der Waals surface area contributed by atoms with E-state index in [1.54, 1.807) is 42.6 Å². The molecule has 0 aliphatic carbocycles. The summed E-state index contributed by atoms with van der Waals surface area (Å²) in [4.78, 5) is 25.4. The molecule has 5 nitrogen and oxygen atoms in total. The molecule has 29 heavy (non-hydrogen) atoms. The summed E-state index contributed by atoms with van der Waals surface area (Å²) in [6.07, 6.45) is 0.995. The van der Waals surface area contributed by atoms with Gasteiger partial charge in [-0.1, -0.05) is 43.3 Å². The molecule has 1 heterocycles. The molecule has 0 saturated carbocycles. The summed E-state index contributed by atoms with van der Waals surface area (Å²) >= 11 is 1.66. The van der Waals surface area contributed by atoms with Crippen molar-refractivity contribution < 1.29 is 9.59 Å². The summed E-state index contributed by atoms with van der Waals surface area (Å²) in [5.41, 5.74) is 3.51. The largest absolute Gasteiger partial charge is 0.355 e. The Bertz CT molecular complexity index is 953. The molecule has 1 aromatic heterocycles. The fourth-order valence-corrected chi connectivity index (χ4v) is 3.89. The quantitative estimate of drug-likeness (QED) is 0.529. The Morgan fingerprint density at radius 3 is 2.48 bits per heavy atom. The third-order valence-corrected chi connectivity index (χ3v) is 5.59. The van der Waals surface area contributed by atoms with Crippen LogP contribution in [0.5, 0.6) is 0 Å². The lowest BCUT2D eigenvalue weighted by molar-refractivity contribution is -0.115. The zero-order valence-corrected chi connectivity index (χ0v) is 17.4. The van der Waals surface area contributed by atoms with Crippen LogP contribution in [-0.4, -0.2) is 25.4 Å². The van der Waals surface area contributed by atoms with E-state index in [1.165, 1.54) is 5.56 Å². The highest BCUT2D eigenvalue weighted by Crippen LogP contribution is 2.26. The summed E-state index contributed by atoms with van der Waals surface area (Å²) in [7, 11) is 1.58. The first kappa shape index (κ1) is 20.8. The number of amides is 2. The maximum Gasteiger partial charge on any atom is 0.251 e. The maximum atomic E-state index is 12.5. The van der Waals surface area contributed by atoms with Gasteiger partial charge in [0.25, 0.3) is 5.91 Å². The molecule has 0 aliphatic rings. The van der Waals surface area contributed by atoms with E-state index in [2.05, 4.69) is 53.2 Å². The van der Waals surface area contributed by atoms with Crippen LogP contribution in [0.4, 0.5) is 5.69 Å². The monoisotopic (exact) mass is 407 g/mol. The van der Waals surface area contributed by atoms with E-state index in [4.69, 9.17) is 0 Å². The number of aryl methyl sites for hydroxylation is 1. The molecule has 0 fully saturated rings. The van der Waals surface area contributed by atoms with E-state index in [0.29, 0.717) is 11.3 Å². The number of nitrogens with one attached hydrogen (secondary N) is 3. The summed E-state index contributed by atoms with van der Waals surface area (Å²) in [5.74, 6) is -0.349. The molecule has 6 heteroatoms. The minimum atomic E-state index is -0.187. The van der Waals surface area contributed by atoms with Crippen LogP contribution in [0.15, 0.2) is 66.0 Å². The average molecular weight is 408 g/mol. The van der Waals surface area contributed by atoms with Gasteiger partial charge in [-0.3, -0.25) is 14.9 Å². The third-order valence-electron chi connectivity index (χ3n) is 4.65. The fourth-order valence-electron chi connectivity index (χ4n) is 3.07. The Kier molecular flexibility index (Phi) is 7.16. The zero-order valence-electron chi connectivity index (χ0n) is 16.6. The Morgan fingerprint density at radius 1 is 1.03 bits per heavy atom. The molecule has 0 saturated heterocycles. The van der Waals surface area contributed by atoms with Gasteiger partial charge >= 0.3 is 0 Å². The van der Waals surface area contributed by atoms with Gasteiger partial charge in [0.15, 0.2) is 0 Å². The summed E-state index contributed by atoms with van der Waals surface area (Å²) in [6.45, 7) is 2.29. The summed E-state index contributed by atoms with van der Waals surface area (Å²) < 4.78 is 0. The van der Waals surface area contributed by atoms with Crippen molar-refractivity contribution in [2.45, 2.75) is 19.4 Å². The minimum absolute atomic E-state index is 0.0520. The van der Waals surface area contributed by atoms with Crippen LogP contribution >= 0.6 is 11.3 Å². The van der Waals surface area contributed by atoms with E-state index < -0.39 is 0 Å². The Balaban J connectivity index is 1.68. The first-order valence-electron chi connectivity index (χ1n) is 9.58. The molecule has 0 aliphatic heterocycles. The SMILES string of the molecule is CCc1ccc([C@H](NCC(=O)Nc2cccc(C(=O)NC)c2)c2cccs2)cc1. The number of hydrogen-bond acceptors (Lipinski definition) is 4. The predicted octanol–water partition coefficient (Wildman–Crippen LogP) is 3.99. The van der Waals surface area contributed by atoms with Gasteiger partial charge in [0.1, 0.15) is 0 Å². The molecule has 2 amide bonds. The molecular weight excluding hydrogens is 382 g/mol. The van der Waals surface area contributed by atoms with Gasteiger partial charge in [-0.25, -0.2) is 0 Å². The van der Waals surface area contributed by atoms with E-state index in [9.17, 15) is 9.59 Å². The van der Waals surface area contributed by atoms with E-state index >= 15 is 0 Å². The van der Waals surface area contributed by atoms with Gasteiger partial charge in [-0.2, -0.15) is 0 Å². The first-order valence-corrected chi connectivity index (χ1v) is 10.5. The van der Waals surface area contributed by atoms with Crippen LogP contribution < -0.4 is 16.0 Å². The first-order chi connectivity index (χ1) is 14.1. The number of carbonyl (C=O) groups is 2. The Labute approximate surface area is 175 Å². The summed E-state index contributed by atoms with van der Waals surface area (Å²) in [6, 6.07) is 19.4. The van der Waals surface area contributed by atoms with Crippen molar-refractivity contribution in [2.24, 2.45) is 0 Å². The van der Waals surface area contributed by atoms with Gasteiger partial charge in [-0.05, 0) is 47.2 Å². The highest BCUT2D eigenvalue weighted by atomic mass is 32.1. The Hall–Kier alpha value is -2.96. The van der Waals surface area contributed by atoms with Crippen molar-refractivity contribution in [3.63, 3.8) is 0 Å². The second-order valence-electron chi connectivity index (χ2n) is 6.63. The molecule has 150 valence electrons. The third kappa shape index (κ3) is 5.53. The van der Waals surface area contributed by atoms with E-state index in [1.807, 2.05) is 11.4 Å². The van der Waals surface area contributed by atoms with Crippen molar-refractivity contribution in [1.82, 2.24) is 10.6 Å². The second kappa shape index (κ2) is 10.0. The predicted molar refractivity (Wildman–Crippen MR) is 118 cm³/mol. The lowest BCUT2D eigenvalue weighted by Crippen LogP contribution is -2.31. The lowest BCUT2D eigenvalue weighted by Gasteiger charge is -2.18. The maximum absolute atomic E-state index is 12.5. The van der Waals surface area contributed by atoms with Crippen LogP contribution in [0, 0.1) is 0 Å². The number of benzene rings is 2. The standard InChI is InChI=1S/C23H25N3O2S/c1-3-16-9-11-17(12-10-16)22(20-8-5-13-29-20)25-15-21(27)26-19-7-4-6-18(14-19)23(28)24-2/h4-14,22,25H,3,15H2,1-2H3,(H,24,28)(H,26,27)/t22-/m0/s1. The van der Waals surface area contributed by atoms with Crippen LogP contribution in [0.3, 0.4) is 0 Å². The van der Waals surface area contributed by atoms with Gasteiger partial charge in [0, 0.05) is 23.2 Å². The normalized spacial score (nSPS) is 11.7. The minimum Gasteiger partial charge on any atom is -0.355 e. The second-order valence-corrected chi connectivity index (χ2v) is 7.61. The molecule has 0 spiro atoms. The van der Waals surface area contributed by atoms with Crippen LogP contribution in [-0.2, 0) is 11.2 Å². The van der Waals surface area contributed by atoms with E-state index in [0.717, 1.165) is 16.9 Å². The molecule has 3 aromatic rings.